The number of benzene rings is 1. The summed E-state index contributed by atoms with van der Waals surface area (Å²) in [5.41, 5.74) is 0.992. The van der Waals surface area contributed by atoms with Crippen molar-refractivity contribution < 1.29 is 17.9 Å². The lowest BCUT2D eigenvalue weighted by Gasteiger charge is -2.38. The maximum absolute atomic E-state index is 13.2. The maximum Gasteiger partial charge on any atom is 0.243 e. The highest BCUT2D eigenvalue weighted by Gasteiger charge is 2.45. The molecule has 1 aromatic rings. The molecule has 0 N–H and O–H groups in total. The third-order valence-electron chi connectivity index (χ3n) is 6.65. The van der Waals surface area contributed by atoms with Crippen LogP contribution < -0.4 is 4.74 Å². The van der Waals surface area contributed by atoms with E-state index >= 15 is 0 Å². The molecule has 3 heterocycles. The van der Waals surface area contributed by atoms with E-state index in [-0.39, 0.29) is 12.1 Å². The molecule has 148 valence electrons. The molecule has 0 spiro atoms. The minimum Gasteiger partial charge on any atom is -0.493 e. The van der Waals surface area contributed by atoms with Gasteiger partial charge in [0.15, 0.2) is 0 Å². The minimum absolute atomic E-state index is 0.00677. The molecule has 0 bridgehead atoms. The van der Waals surface area contributed by atoms with Gasteiger partial charge in [-0.3, -0.25) is 4.90 Å². The molecule has 7 heteroatoms. The van der Waals surface area contributed by atoms with Crippen molar-refractivity contribution in [3.63, 3.8) is 0 Å². The number of fused-ring (bicyclic) bond motifs is 2. The Balaban J connectivity index is 1.34. The van der Waals surface area contributed by atoms with Crippen molar-refractivity contribution in [3.05, 3.63) is 23.8 Å². The number of ether oxygens (including phenoxy) is 2. The standard InChI is InChI=1S/C20H28N2O4S/c23-27(24,17-5-6-19-16(11-17)7-9-25-19)22-13-18-20(14-22)26-10-8-21(18)12-15-3-1-2-4-15/h5-6,11,15,18,20H,1-4,7-10,12-14H2/t18-,20-/m0/s1. The predicted molar refractivity (Wildman–Crippen MR) is 101 cm³/mol. The summed E-state index contributed by atoms with van der Waals surface area (Å²) in [5, 5.41) is 0. The lowest BCUT2D eigenvalue weighted by atomic mass is 10.0. The summed E-state index contributed by atoms with van der Waals surface area (Å²) in [7, 11) is -3.50. The first-order chi connectivity index (χ1) is 13.1. The Kier molecular flexibility index (Phi) is 4.66. The van der Waals surface area contributed by atoms with Crippen LogP contribution in [0.4, 0.5) is 0 Å². The van der Waals surface area contributed by atoms with Crippen molar-refractivity contribution in [2.24, 2.45) is 5.92 Å². The molecular formula is C20H28N2O4S. The molecule has 1 saturated carbocycles. The van der Waals surface area contributed by atoms with Crippen LogP contribution in [0.3, 0.4) is 0 Å². The van der Waals surface area contributed by atoms with Crippen LogP contribution in [0.5, 0.6) is 5.75 Å². The third kappa shape index (κ3) is 3.28. The lowest BCUT2D eigenvalue weighted by Crippen LogP contribution is -2.52. The number of morpholine rings is 1. The first-order valence-corrected chi connectivity index (χ1v) is 11.7. The predicted octanol–water partition coefficient (Wildman–Crippen LogP) is 1.89. The second-order valence-electron chi connectivity index (χ2n) is 8.31. The van der Waals surface area contributed by atoms with Gasteiger partial charge in [0.25, 0.3) is 0 Å². The van der Waals surface area contributed by atoms with Gasteiger partial charge >= 0.3 is 0 Å². The molecule has 5 rings (SSSR count). The molecule has 2 saturated heterocycles. The fraction of sp³-hybridized carbons (Fsp3) is 0.700. The van der Waals surface area contributed by atoms with Crippen LogP contribution in [0.15, 0.2) is 23.1 Å². The molecular weight excluding hydrogens is 364 g/mol. The van der Waals surface area contributed by atoms with Crippen LogP contribution in [0, 0.1) is 5.92 Å². The molecule has 27 heavy (non-hydrogen) atoms. The first kappa shape index (κ1) is 17.9. The normalized spacial score (nSPS) is 29.6. The van der Waals surface area contributed by atoms with Crippen molar-refractivity contribution in [3.8, 4) is 5.75 Å². The Morgan fingerprint density at radius 2 is 1.96 bits per heavy atom. The molecule has 1 aromatic carbocycles. The quantitative estimate of drug-likeness (QED) is 0.783. The second-order valence-corrected chi connectivity index (χ2v) is 10.2. The smallest absolute Gasteiger partial charge is 0.243 e. The molecule has 0 aromatic heterocycles. The zero-order valence-corrected chi connectivity index (χ0v) is 16.5. The summed E-state index contributed by atoms with van der Waals surface area (Å²) < 4.78 is 39.6. The summed E-state index contributed by atoms with van der Waals surface area (Å²) in [4.78, 5) is 2.88. The van der Waals surface area contributed by atoms with Gasteiger partial charge < -0.3 is 9.47 Å². The molecule has 3 fully saturated rings. The van der Waals surface area contributed by atoms with Gasteiger partial charge in [0, 0.05) is 32.6 Å². The Bertz CT molecular complexity index is 806. The summed E-state index contributed by atoms with van der Waals surface area (Å²) in [6.45, 7) is 4.35. The second kappa shape index (κ2) is 7.03. The van der Waals surface area contributed by atoms with E-state index in [0.717, 1.165) is 36.7 Å². The van der Waals surface area contributed by atoms with Crippen molar-refractivity contribution in [2.45, 2.75) is 49.1 Å². The molecule has 0 radical (unpaired) electrons. The summed E-state index contributed by atoms with van der Waals surface area (Å²) in [6, 6.07) is 5.45. The number of hydrogen-bond donors (Lipinski definition) is 0. The number of sulfonamides is 1. The van der Waals surface area contributed by atoms with Gasteiger partial charge in [0.05, 0.1) is 30.3 Å². The van der Waals surface area contributed by atoms with Crippen molar-refractivity contribution in [1.29, 1.82) is 0 Å². The van der Waals surface area contributed by atoms with E-state index in [1.165, 1.54) is 25.7 Å². The van der Waals surface area contributed by atoms with E-state index in [4.69, 9.17) is 9.47 Å². The van der Waals surface area contributed by atoms with E-state index in [2.05, 4.69) is 4.90 Å². The molecule has 2 atom stereocenters. The van der Waals surface area contributed by atoms with E-state index in [1.54, 1.807) is 22.5 Å². The highest BCUT2D eigenvalue weighted by Crippen LogP contribution is 2.33. The Morgan fingerprint density at radius 3 is 2.81 bits per heavy atom. The average Bonchev–Trinajstić information content (AvgIpc) is 3.41. The van der Waals surface area contributed by atoms with Crippen LogP contribution in [-0.2, 0) is 21.2 Å². The van der Waals surface area contributed by atoms with Crippen LogP contribution in [0.25, 0.3) is 0 Å². The molecule has 0 amide bonds. The SMILES string of the molecule is O=S(=O)(c1ccc2c(c1)CCO2)N1C[C@@H]2OCCN(CC3CCCC3)[C@H]2C1. The Morgan fingerprint density at radius 1 is 1.11 bits per heavy atom. The van der Waals surface area contributed by atoms with E-state index in [1.807, 2.05) is 0 Å². The molecule has 6 nitrogen and oxygen atoms in total. The largest absolute Gasteiger partial charge is 0.493 e. The van der Waals surface area contributed by atoms with E-state index < -0.39 is 10.0 Å². The number of nitrogens with zero attached hydrogens (tertiary/aromatic N) is 2. The zero-order valence-electron chi connectivity index (χ0n) is 15.7. The van der Waals surface area contributed by atoms with Gasteiger partial charge in [-0.25, -0.2) is 8.42 Å². The summed E-state index contributed by atoms with van der Waals surface area (Å²) in [5.74, 6) is 1.58. The third-order valence-corrected chi connectivity index (χ3v) is 8.48. The molecule has 3 aliphatic heterocycles. The number of hydrogen-bond acceptors (Lipinski definition) is 5. The van der Waals surface area contributed by atoms with Gasteiger partial charge in [0.1, 0.15) is 5.75 Å². The van der Waals surface area contributed by atoms with Crippen LogP contribution in [-0.4, -0.2) is 69.2 Å². The number of rotatable bonds is 4. The van der Waals surface area contributed by atoms with Crippen molar-refractivity contribution in [1.82, 2.24) is 9.21 Å². The fourth-order valence-electron chi connectivity index (χ4n) is 5.14. The minimum atomic E-state index is -3.50. The Labute approximate surface area is 161 Å². The summed E-state index contributed by atoms with van der Waals surface area (Å²) in [6.07, 6.45) is 6.08. The molecule has 4 aliphatic rings. The maximum atomic E-state index is 13.2. The molecule has 0 unspecified atom stereocenters. The fourth-order valence-corrected chi connectivity index (χ4v) is 6.67. The van der Waals surface area contributed by atoms with Crippen molar-refractivity contribution >= 4 is 10.0 Å². The Hall–Kier alpha value is -1.15. The topological polar surface area (TPSA) is 59.1 Å². The van der Waals surface area contributed by atoms with E-state index in [9.17, 15) is 8.42 Å². The van der Waals surface area contributed by atoms with Crippen LogP contribution >= 0.6 is 0 Å². The van der Waals surface area contributed by atoms with Gasteiger partial charge in [0.2, 0.25) is 10.0 Å². The highest BCUT2D eigenvalue weighted by molar-refractivity contribution is 7.89. The van der Waals surface area contributed by atoms with Crippen LogP contribution in [0.1, 0.15) is 31.2 Å². The van der Waals surface area contributed by atoms with E-state index in [0.29, 0.717) is 31.2 Å². The van der Waals surface area contributed by atoms with Gasteiger partial charge in [-0.15, -0.1) is 0 Å². The lowest BCUT2D eigenvalue weighted by molar-refractivity contribution is -0.0514. The molecule has 1 aliphatic carbocycles. The monoisotopic (exact) mass is 392 g/mol. The van der Waals surface area contributed by atoms with Crippen molar-refractivity contribution in [2.75, 3.05) is 39.4 Å². The zero-order chi connectivity index (χ0) is 18.4. The first-order valence-electron chi connectivity index (χ1n) is 10.2. The van der Waals surface area contributed by atoms with Crippen LogP contribution in [0.2, 0.25) is 0 Å². The average molecular weight is 393 g/mol. The highest BCUT2D eigenvalue weighted by atomic mass is 32.2. The summed E-state index contributed by atoms with van der Waals surface area (Å²) >= 11 is 0. The van der Waals surface area contributed by atoms with Gasteiger partial charge in [-0.2, -0.15) is 4.31 Å². The van der Waals surface area contributed by atoms with Gasteiger partial charge in [-0.05, 0) is 42.5 Å². The van der Waals surface area contributed by atoms with Gasteiger partial charge in [-0.1, -0.05) is 12.8 Å².